The van der Waals surface area contributed by atoms with Crippen molar-refractivity contribution in [1.82, 2.24) is 15.5 Å². The molecule has 1 aliphatic heterocycles. The molecule has 3 amide bonds. The number of hydrogen-bond donors (Lipinski definition) is 4. The third-order valence-electron chi connectivity index (χ3n) is 4.46. The van der Waals surface area contributed by atoms with Crippen LogP contribution in [-0.2, 0) is 23.9 Å². The van der Waals surface area contributed by atoms with Gasteiger partial charge < -0.3 is 30.5 Å². The fraction of sp³-hybridized carbons (Fsp3) is 0.722. The molecule has 29 heavy (non-hydrogen) atoms. The normalized spacial score (nSPS) is 19.9. The molecule has 1 aliphatic rings. The predicted molar refractivity (Wildman–Crippen MR) is 100 cm³/mol. The van der Waals surface area contributed by atoms with Gasteiger partial charge in [-0.2, -0.15) is 0 Å². The smallest absolute Gasteiger partial charge is 0.408 e. The maximum absolute atomic E-state index is 12.7. The van der Waals surface area contributed by atoms with Crippen LogP contribution in [0.4, 0.5) is 4.79 Å². The van der Waals surface area contributed by atoms with E-state index in [1.54, 1.807) is 20.8 Å². The van der Waals surface area contributed by atoms with Gasteiger partial charge >= 0.3 is 18.0 Å². The second-order valence-electron chi connectivity index (χ2n) is 8.07. The summed E-state index contributed by atoms with van der Waals surface area (Å²) in [5.41, 5.74) is -2.03. The van der Waals surface area contributed by atoms with Crippen LogP contribution >= 0.6 is 0 Å². The van der Waals surface area contributed by atoms with Gasteiger partial charge in [-0.15, -0.1) is 0 Å². The molecule has 0 spiro atoms. The van der Waals surface area contributed by atoms with E-state index in [1.165, 1.54) is 11.8 Å². The maximum Gasteiger partial charge on any atom is 0.408 e. The van der Waals surface area contributed by atoms with Crippen LogP contribution in [0.2, 0.25) is 0 Å². The van der Waals surface area contributed by atoms with E-state index in [-0.39, 0.29) is 19.5 Å². The fourth-order valence-corrected chi connectivity index (χ4v) is 3.00. The van der Waals surface area contributed by atoms with Crippen molar-refractivity contribution in [2.45, 2.75) is 70.6 Å². The summed E-state index contributed by atoms with van der Waals surface area (Å²) in [4.78, 5) is 60.3. The Hall–Kier alpha value is -2.85. The number of nitrogens with zero attached hydrogens (tertiary/aromatic N) is 1. The minimum absolute atomic E-state index is 0.269. The van der Waals surface area contributed by atoms with Crippen LogP contribution in [0.3, 0.4) is 0 Å². The number of amides is 3. The zero-order valence-electron chi connectivity index (χ0n) is 17.1. The SMILES string of the molecule is CC(C)(C)OC(=O)NCC(=O)N1CCC[C@]1(C)C(=O)N[C@@H](CCC(=O)O)C(=O)O. The lowest BCUT2D eigenvalue weighted by Crippen LogP contribution is -2.59. The summed E-state index contributed by atoms with van der Waals surface area (Å²) in [5.74, 6) is -3.73. The Balaban J connectivity index is 2.76. The third-order valence-corrected chi connectivity index (χ3v) is 4.46. The number of hydrogen-bond acceptors (Lipinski definition) is 6. The first-order valence-electron chi connectivity index (χ1n) is 9.29. The number of rotatable bonds is 8. The molecule has 0 aromatic carbocycles. The van der Waals surface area contributed by atoms with Crippen molar-refractivity contribution in [2.24, 2.45) is 0 Å². The van der Waals surface area contributed by atoms with E-state index in [0.29, 0.717) is 12.8 Å². The molecule has 4 N–H and O–H groups in total. The minimum Gasteiger partial charge on any atom is -0.481 e. The molecule has 164 valence electrons. The highest BCUT2D eigenvalue weighted by Crippen LogP contribution is 2.29. The predicted octanol–water partition coefficient (Wildman–Crippen LogP) is 0.326. The molecule has 0 aliphatic carbocycles. The first-order chi connectivity index (χ1) is 13.3. The molecule has 1 saturated heterocycles. The van der Waals surface area contributed by atoms with Gasteiger partial charge in [0.05, 0.1) is 0 Å². The number of carboxylic acid groups (broad SMARTS) is 2. The van der Waals surface area contributed by atoms with Gasteiger partial charge in [0.25, 0.3) is 0 Å². The van der Waals surface area contributed by atoms with Gasteiger partial charge in [0.2, 0.25) is 11.8 Å². The van der Waals surface area contributed by atoms with Gasteiger partial charge in [-0.1, -0.05) is 0 Å². The lowest BCUT2D eigenvalue weighted by Gasteiger charge is -2.35. The van der Waals surface area contributed by atoms with E-state index in [0.717, 1.165) is 0 Å². The van der Waals surface area contributed by atoms with Gasteiger partial charge in [-0.25, -0.2) is 9.59 Å². The Bertz CT molecular complexity index is 673. The van der Waals surface area contributed by atoms with Crippen molar-refractivity contribution in [1.29, 1.82) is 0 Å². The fourth-order valence-electron chi connectivity index (χ4n) is 3.00. The number of nitrogens with one attached hydrogen (secondary N) is 2. The van der Waals surface area contributed by atoms with Crippen molar-refractivity contribution in [2.75, 3.05) is 13.1 Å². The topological polar surface area (TPSA) is 162 Å². The zero-order valence-corrected chi connectivity index (χ0v) is 17.1. The first kappa shape index (κ1) is 24.2. The van der Waals surface area contributed by atoms with Crippen LogP contribution in [-0.4, -0.2) is 75.2 Å². The molecule has 0 aromatic heterocycles. The molecule has 11 nitrogen and oxygen atoms in total. The van der Waals surface area contributed by atoms with Crippen LogP contribution in [0, 0.1) is 0 Å². The number of carbonyl (C=O) groups excluding carboxylic acids is 3. The van der Waals surface area contributed by atoms with Crippen molar-refractivity contribution < 1.29 is 38.9 Å². The van der Waals surface area contributed by atoms with Gasteiger partial charge in [-0.3, -0.25) is 14.4 Å². The highest BCUT2D eigenvalue weighted by Gasteiger charge is 2.46. The van der Waals surface area contributed by atoms with Crippen molar-refractivity contribution in [3.05, 3.63) is 0 Å². The summed E-state index contributed by atoms with van der Waals surface area (Å²) < 4.78 is 5.06. The van der Waals surface area contributed by atoms with Gasteiger partial charge in [0.15, 0.2) is 0 Å². The van der Waals surface area contributed by atoms with E-state index in [9.17, 15) is 29.1 Å². The largest absolute Gasteiger partial charge is 0.481 e. The van der Waals surface area contributed by atoms with E-state index >= 15 is 0 Å². The van der Waals surface area contributed by atoms with E-state index in [2.05, 4.69) is 10.6 Å². The second-order valence-corrected chi connectivity index (χ2v) is 8.07. The summed E-state index contributed by atoms with van der Waals surface area (Å²) in [6.45, 7) is 6.44. The molecule has 1 fully saturated rings. The average Bonchev–Trinajstić information content (AvgIpc) is 2.97. The van der Waals surface area contributed by atoms with Crippen LogP contribution in [0.5, 0.6) is 0 Å². The molecule has 0 unspecified atom stereocenters. The highest BCUT2D eigenvalue weighted by atomic mass is 16.6. The van der Waals surface area contributed by atoms with Crippen LogP contribution in [0.25, 0.3) is 0 Å². The highest BCUT2D eigenvalue weighted by molar-refractivity contribution is 5.95. The number of ether oxygens (including phenoxy) is 1. The maximum atomic E-state index is 12.7. The summed E-state index contributed by atoms with van der Waals surface area (Å²) >= 11 is 0. The van der Waals surface area contributed by atoms with Crippen molar-refractivity contribution in [3.8, 4) is 0 Å². The molecular formula is C18H29N3O8. The molecule has 1 rings (SSSR count). The van der Waals surface area contributed by atoms with Crippen molar-refractivity contribution >= 4 is 29.8 Å². The lowest BCUT2D eigenvalue weighted by molar-refractivity contribution is -0.147. The molecular weight excluding hydrogens is 386 g/mol. The molecule has 0 bridgehead atoms. The van der Waals surface area contributed by atoms with Gasteiger partial charge in [0.1, 0.15) is 23.7 Å². The lowest BCUT2D eigenvalue weighted by atomic mass is 9.96. The first-order valence-corrected chi connectivity index (χ1v) is 9.29. The number of carboxylic acids is 2. The Morgan fingerprint density at radius 2 is 1.79 bits per heavy atom. The Labute approximate surface area is 168 Å². The summed E-state index contributed by atoms with van der Waals surface area (Å²) in [5, 5.41) is 22.6. The van der Waals surface area contributed by atoms with Crippen LogP contribution < -0.4 is 10.6 Å². The van der Waals surface area contributed by atoms with E-state index in [4.69, 9.17) is 9.84 Å². The van der Waals surface area contributed by atoms with E-state index in [1.807, 2.05) is 0 Å². The molecule has 0 aromatic rings. The Morgan fingerprint density at radius 3 is 2.31 bits per heavy atom. The second kappa shape index (κ2) is 9.57. The van der Waals surface area contributed by atoms with Gasteiger partial charge in [0, 0.05) is 13.0 Å². The van der Waals surface area contributed by atoms with E-state index < -0.39 is 53.4 Å². The number of carbonyl (C=O) groups is 5. The van der Waals surface area contributed by atoms with Crippen LogP contribution in [0.1, 0.15) is 53.4 Å². The molecule has 1 heterocycles. The Kier molecular flexibility index (Phi) is 7.98. The van der Waals surface area contributed by atoms with Crippen molar-refractivity contribution in [3.63, 3.8) is 0 Å². The number of likely N-dealkylation sites (tertiary alicyclic amines) is 1. The molecule has 2 atom stereocenters. The van der Waals surface area contributed by atoms with Crippen LogP contribution in [0.15, 0.2) is 0 Å². The average molecular weight is 415 g/mol. The molecule has 0 radical (unpaired) electrons. The molecule has 0 saturated carbocycles. The number of alkyl carbamates (subject to hydrolysis) is 1. The third kappa shape index (κ3) is 7.24. The number of aliphatic carboxylic acids is 2. The van der Waals surface area contributed by atoms with Gasteiger partial charge in [-0.05, 0) is 47.0 Å². The summed E-state index contributed by atoms with van der Waals surface area (Å²) in [7, 11) is 0. The minimum atomic E-state index is -1.38. The summed E-state index contributed by atoms with van der Waals surface area (Å²) in [6, 6.07) is -1.38. The summed E-state index contributed by atoms with van der Waals surface area (Å²) in [6.07, 6.45) is -0.635. The quantitative estimate of drug-likeness (QED) is 0.441. The molecule has 11 heteroatoms. The monoisotopic (exact) mass is 415 g/mol. The Morgan fingerprint density at radius 1 is 1.17 bits per heavy atom. The standard InChI is InChI=1S/C18H29N3O8/c1-17(2,3)29-16(28)19-10-12(22)21-9-5-8-18(21,4)15(27)20-11(14(25)26)6-7-13(23)24/h11H,5-10H2,1-4H3,(H,19,28)(H,20,27)(H,23,24)(H,25,26)/t11-,18+/m0/s1. The zero-order chi connectivity index (χ0) is 22.4.